The van der Waals surface area contributed by atoms with Crippen LogP contribution in [0.4, 0.5) is 0 Å². The van der Waals surface area contributed by atoms with E-state index in [1.54, 1.807) is 0 Å². The molecule has 1 aliphatic heterocycles. The molecule has 1 atom stereocenters. The summed E-state index contributed by atoms with van der Waals surface area (Å²) in [7, 11) is 0. The first-order valence-corrected chi connectivity index (χ1v) is 6.22. The molecule has 0 spiro atoms. The van der Waals surface area contributed by atoms with Gasteiger partial charge in [-0.15, -0.1) is 0 Å². The molecule has 1 heterocycles. The first-order valence-electron chi connectivity index (χ1n) is 5.42. The lowest BCUT2D eigenvalue weighted by atomic mass is 10.0. The van der Waals surface area contributed by atoms with Crippen LogP contribution in [0.1, 0.15) is 18.1 Å². The van der Waals surface area contributed by atoms with Crippen molar-refractivity contribution in [2.24, 2.45) is 0 Å². The standard InChI is InChI=1S/C13H13BrO3/c1-3-16-13-10(11(14)12(15)17-13)9-6-4-8(2)5-7-9/h4-7,13H,3H2,1-2H3. The monoisotopic (exact) mass is 296 g/mol. The van der Waals surface area contributed by atoms with Gasteiger partial charge in [-0.1, -0.05) is 29.8 Å². The minimum Gasteiger partial charge on any atom is -0.427 e. The number of benzene rings is 1. The van der Waals surface area contributed by atoms with Gasteiger partial charge in [-0.25, -0.2) is 4.79 Å². The molecule has 1 aromatic carbocycles. The second kappa shape index (κ2) is 5.02. The number of halogens is 1. The van der Waals surface area contributed by atoms with E-state index in [4.69, 9.17) is 9.47 Å². The summed E-state index contributed by atoms with van der Waals surface area (Å²) in [5, 5.41) is 0. The summed E-state index contributed by atoms with van der Waals surface area (Å²) in [5.41, 5.74) is 2.87. The van der Waals surface area contributed by atoms with Gasteiger partial charge in [-0.2, -0.15) is 0 Å². The average Bonchev–Trinajstić information content (AvgIpc) is 2.57. The van der Waals surface area contributed by atoms with Crippen LogP contribution in [0, 0.1) is 6.92 Å². The molecule has 0 N–H and O–H groups in total. The van der Waals surface area contributed by atoms with E-state index < -0.39 is 6.29 Å². The van der Waals surface area contributed by atoms with Crippen LogP contribution >= 0.6 is 15.9 Å². The highest BCUT2D eigenvalue weighted by atomic mass is 79.9. The van der Waals surface area contributed by atoms with E-state index in [-0.39, 0.29) is 5.97 Å². The molecule has 1 unspecified atom stereocenters. The van der Waals surface area contributed by atoms with E-state index in [1.165, 1.54) is 5.56 Å². The second-order valence-electron chi connectivity index (χ2n) is 3.79. The molecule has 3 nitrogen and oxygen atoms in total. The zero-order valence-electron chi connectivity index (χ0n) is 9.70. The number of aryl methyl sites for hydroxylation is 1. The third-order valence-electron chi connectivity index (χ3n) is 2.55. The van der Waals surface area contributed by atoms with E-state index >= 15 is 0 Å². The Morgan fingerprint density at radius 1 is 1.35 bits per heavy atom. The topological polar surface area (TPSA) is 35.5 Å². The Kier molecular flexibility index (Phi) is 3.64. The number of carbonyl (C=O) groups is 1. The summed E-state index contributed by atoms with van der Waals surface area (Å²) >= 11 is 3.26. The summed E-state index contributed by atoms with van der Waals surface area (Å²) in [4.78, 5) is 11.5. The van der Waals surface area contributed by atoms with Gasteiger partial charge in [0.2, 0.25) is 6.29 Å². The summed E-state index contributed by atoms with van der Waals surface area (Å²) < 4.78 is 11.0. The van der Waals surface area contributed by atoms with Crippen LogP contribution < -0.4 is 0 Å². The van der Waals surface area contributed by atoms with Crippen molar-refractivity contribution >= 4 is 27.5 Å². The molecule has 0 amide bonds. The predicted octanol–water partition coefficient (Wildman–Crippen LogP) is 3.02. The first kappa shape index (κ1) is 12.3. The smallest absolute Gasteiger partial charge is 0.348 e. The largest absolute Gasteiger partial charge is 0.427 e. The SMILES string of the molecule is CCOC1OC(=O)C(Br)=C1c1ccc(C)cc1. The van der Waals surface area contributed by atoms with E-state index in [0.717, 1.165) is 11.1 Å². The number of ether oxygens (including phenoxy) is 2. The van der Waals surface area contributed by atoms with Crippen molar-refractivity contribution in [3.8, 4) is 0 Å². The molecule has 90 valence electrons. The van der Waals surface area contributed by atoms with Crippen molar-refractivity contribution in [2.45, 2.75) is 20.1 Å². The van der Waals surface area contributed by atoms with Gasteiger partial charge in [-0.3, -0.25) is 0 Å². The number of hydrogen-bond acceptors (Lipinski definition) is 3. The molecule has 2 rings (SSSR count). The number of rotatable bonds is 3. The maximum atomic E-state index is 11.5. The molecular weight excluding hydrogens is 284 g/mol. The molecule has 0 radical (unpaired) electrons. The highest BCUT2D eigenvalue weighted by Gasteiger charge is 2.34. The second-order valence-corrected chi connectivity index (χ2v) is 4.58. The van der Waals surface area contributed by atoms with E-state index in [0.29, 0.717) is 11.1 Å². The Bertz CT molecular complexity index is 462. The van der Waals surface area contributed by atoms with E-state index in [9.17, 15) is 4.79 Å². The average molecular weight is 297 g/mol. The number of esters is 1. The number of cyclic esters (lactones) is 1. The Hall–Kier alpha value is -1.13. The van der Waals surface area contributed by atoms with Gasteiger partial charge in [0.15, 0.2) is 0 Å². The van der Waals surface area contributed by atoms with Crippen molar-refractivity contribution in [3.63, 3.8) is 0 Å². The fourth-order valence-corrected chi connectivity index (χ4v) is 2.20. The van der Waals surface area contributed by atoms with Crippen LogP contribution in [0.3, 0.4) is 0 Å². The van der Waals surface area contributed by atoms with Crippen LogP contribution in [0.5, 0.6) is 0 Å². The molecule has 0 bridgehead atoms. The third-order valence-corrected chi connectivity index (χ3v) is 3.30. The maximum Gasteiger partial charge on any atom is 0.348 e. The van der Waals surface area contributed by atoms with E-state index in [1.807, 2.05) is 38.1 Å². The molecular formula is C13H13BrO3. The quantitative estimate of drug-likeness (QED) is 0.805. The normalized spacial score (nSPS) is 19.7. The summed E-state index contributed by atoms with van der Waals surface area (Å²) in [6.45, 7) is 4.38. The van der Waals surface area contributed by atoms with Gasteiger partial charge < -0.3 is 9.47 Å². The number of carbonyl (C=O) groups excluding carboxylic acids is 1. The lowest BCUT2D eigenvalue weighted by Crippen LogP contribution is -2.15. The van der Waals surface area contributed by atoms with Crippen molar-refractivity contribution in [1.29, 1.82) is 0 Å². The fourth-order valence-electron chi connectivity index (χ4n) is 1.69. The molecule has 0 aliphatic carbocycles. The first-order chi connectivity index (χ1) is 8.13. The van der Waals surface area contributed by atoms with Gasteiger partial charge in [0.25, 0.3) is 0 Å². The van der Waals surface area contributed by atoms with Crippen molar-refractivity contribution in [2.75, 3.05) is 6.61 Å². The van der Waals surface area contributed by atoms with Crippen molar-refractivity contribution < 1.29 is 14.3 Å². The maximum absolute atomic E-state index is 11.5. The molecule has 0 saturated heterocycles. The zero-order chi connectivity index (χ0) is 12.4. The van der Waals surface area contributed by atoms with Crippen LogP contribution in [0.15, 0.2) is 28.7 Å². The Labute approximate surface area is 109 Å². The number of hydrogen-bond donors (Lipinski definition) is 0. The lowest BCUT2D eigenvalue weighted by molar-refractivity contribution is -0.156. The minimum atomic E-state index is -0.607. The fraction of sp³-hybridized carbons (Fsp3) is 0.308. The molecule has 1 aromatic rings. The van der Waals surface area contributed by atoms with Crippen LogP contribution in [-0.4, -0.2) is 18.9 Å². The van der Waals surface area contributed by atoms with Gasteiger partial charge in [0.1, 0.15) is 4.48 Å². The summed E-state index contributed by atoms with van der Waals surface area (Å²) in [6, 6.07) is 7.91. The predicted molar refractivity (Wildman–Crippen MR) is 68.5 cm³/mol. The van der Waals surface area contributed by atoms with E-state index in [2.05, 4.69) is 15.9 Å². The van der Waals surface area contributed by atoms with Crippen LogP contribution in [-0.2, 0) is 14.3 Å². The molecule has 17 heavy (non-hydrogen) atoms. The van der Waals surface area contributed by atoms with Crippen LogP contribution in [0.2, 0.25) is 0 Å². The molecule has 0 aromatic heterocycles. The highest BCUT2D eigenvalue weighted by Crippen LogP contribution is 2.35. The Balaban J connectivity index is 2.39. The Morgan fingerprint density at radius 2 is 2.00 bits per heavy atom. The third kappa shape index (κ3) is 2.42. The summed E-state index contributed by atoms with van der Waals surface area (Å²) in [6.07, 6.45) is -0.607. The van der Waals surface area contributed by atoms with Gasteiger partial charge in [0, 0.05) is 12.2 Å². The molecule has 1 aliphatic rings. The van der Waals surface area contributed by atoms with Crippen molar-refractivity contribution in [3.05, 3.63) is 39.9 Å². The Morgan fingerprint density at radius 3 is 2.59 bits per heavy atom. The molecule has 4 heteroatoms. The van der Waals surface area contributed by atoms with Gasteiger partial charge >= 0.3 is 5.97 Å². The van der Waals surface area contributed by atoms with Gasteiger partial charge in [0.05, 0.1) is 0 Å². The summed E-state index contributed by atoms with van der Waals surface area (Å²) in [5.74, 6) is -0.376. The molecule has 0 fully saturated rings. The molecule has 0 saturated carbocycles. The lowest BCUT2D eigenvalue weighted by Gasteiger charge is -2.13. The minimum absolute atomic E-state index is 0.376. The van der Waals surface area contributed by atoms with Crippen LogP contribution in [0.25, 0.3) is 5.57 Å². The van der Waals surface area contributed by atoms with Crippen molar-refractivity contribution in [1.82, 2.24) is 0 Å². The van der Waals surface area contributed by atoms with Gasteiger partial charge in [-0.05, 0) is 35.3 Å². The zero-order valence-corrected chi connectivity index (χ0v) is 11.3. The highest BCUT2D eigenvalue weighted by molar-refractivity contribution is 9.12.